The molecular formula is C10H19NO3. The standard InChI is InChI=1S/C10H19NO3/c11-5-1-4-9(10(12)13)8-3-2-6-14-7-8/h8-9H,1-7,11H2,(H,12,13). The fourth-order valence-corrected chi connectivity index (χ4v) is 1.98. The molecule has 1 heterocycles. The van der Waals surface area contributed by atoms with Gasteiger partial charge in [0.1, 0.15) is 0 Å². The van der Waals surface area contributed by atoms with Gasteiger partial charge in [-0.25, -0.2) is 0 Å². The van der Waals surface area contributed by atoms with Crippen molar-refractivity contribution in [2.24, 2.45) is 17.6 Å². The van der Waals surface area contributed by atoms with Crippen molar-refractivity contribution in [3.8, 4) is 0 Å². The van der Waals surface area contributed by atoms with Crippen LogP contribution in [0.1, 0.15) is 25.7 Å². The summed E-state index contributed by atoms with van der Waals surface area (Å²) < 4.78 is 5.30. The summed E-state index contributed by atoms with van der Waals surface area (Å²) in [4.78, 5) is 11.0. The van der Waals surface area contributed by atoms with E-state index in [2.05, 4.69) is 0 Å². The monoisotopic (exact) mass is 201 g/mol. The van der Waals surface area contributed by atoms with Gasteiger partial charge in [-0.2, -0.15) is 0 Å². The van der Waals surface area contributed by atoms with Crippen molar-refractivity contribution in [3.63, 3.8) is 0 Å². The number of hydrogen-bond donors (Lipinski definition) is 2. The van der Waals surface area contributed by atoms with Gasteiger partial charge in [0.2, 0.25) is 0 Å². The van der Waals surface area contributed by atoms with Crippen molar-refractivity contribution < 1.29 is 14.6 Å². The highest BCUT2D eigenvalue weighted by molar-refractivity contribution is 5.70. The summed E-state index contributed by atoms with van der Waals surface area (Å²) in [5.74, 6) is -0.777. The molecule has 0 spiro atoms. The second kappa shape index (κ2) is 5.98. The first-order valence-electron chi connectivity index (χ1n) is 5.26. The van der Waals surface area contributed by atoms with Crippen LogP contribution >= 0.6 is 0 Å². The van der Waals surface area contributed by atoms with Gasteiger partial charge in [-0.1, -0.05) is 0 Å². The van der Waals surface area contributed by atoms with Crippen molar-refractivity contribution in [1.29, 1.82) is 0 Å². The molecule has 0 aliphatic carbocycles. The predicted molar refractivity (Wildman–Crippen MR) is 53.0 cm³/mol. The van der Waals surface area contributed by atoms with Crippen molar-refractivity contribution in [1.82, 2.24) is 0 Å². The molecule has 0 amide bonds. The van der Waals surface area contributed by atoms with Crippen molar-refractivity contribution in [2.45, 2.75) is 25.7 Å². The molecule has 1 rings (SSSR count). The number of carbonyl (C=O) groups is 1. The summed E-state index contributed by atoms with van der Waals surface area (Å²) >= 11 is 0. The Balaban J connectivity index is 2.43. The third-order valence-corrected chi connectivity index (χ3v) is 2.80. The SMILES string of the molecule is NCCCC(C(=O)O)C1CCCOC1. The van der Waals surface area contributed by atoms with Gasteiger partial charge >= 0.3 is 5.97 Å². The van der Waals surface area contributed by atoms with Crippen LogP contribution in [0.3, 0.4) is 0 Å². The minimum Gasteiger partial charge on any atom is -0.481 e. The molecule has 1 aliphatic heterocycles. The number of carboxylic acids is 1. The highest BCUT2D eigenvalue weighted by atomic mass is 16.5. The van der Waals surface area contributed by atoms with Gasteiger partial charge in [0.25, 0.3) is 0 Å². The molecule has 1 fully saturated rings. The van der Waals surface area contributed by atoms with Crippen LogP contribution in [0.5, 0.6) is 0 Å². The Labute approximate surface area is 84.4 Å². The van der Waals surface area contributed by atoms with E-state index in [1.165, 1.54) is 0 Å². The molecule has 0 radical (unpaired) electrons. The molecule has 1 saturated heterocycles. The Bertz CT molecular complexity index is 178. The summed E-state index contributed by atoms with van der Waals surface area (Å²) in [5.41, 5.74) is 5.38. The number of carboxylic acid groups (broad SMARTS) is 1. The lowest BCUT2D eigenvalue weighted by Crippen LogP contribution is -2.30. The second-order valence-corrected chi connectivity index (χ2v) is 3.85. The summed E-state index contributed by atoms with van der Waals surface area (Å²) in [6.07, 6.45) is 3.42. The van der Waals surface area contributed by atoms with E-state index in [0.29, 0.717) is 19.6 Å². The highest BCUT2D eigenvalue weighted by Crippen LogP contribution is 2.26. The van der Waals surface area contributed by atoms with Crippen molar-refractivity contribution in [2.75, 3.05) is 19.8 Å². The summed E-state index contributed by atoms with van der Waals surface area (Å²) in [5, 5.41) is 9.06. The molecule has 4 nitrogen and oxygen atoms in total. The van der Waals surface area contributed by atoms with Crippen LogP contribution in [0.2, 0.25) is 0 Å². The van der Waals surface area contributed by atoms with Gasteiger partial charge < -0.3 is 15.6 Å². The van der Waals surface area contributed by atoms with Crippen LogP contribution < -0.4 is 5.73 Å². The molecule has 0 aromatic carbocycles. The lowest BCUT2D eigenvalue weighted by atomic mass is 9.85. The van der Waals surface area contributed by atoms with E-state index in [1.54, 1.807) is 0 Å². The lowest BCUT2D eigenvalue weighted by Gasteiger charge is -2.27. The topological polar surface area (TPSA) is 72.6 Å². The van der Waals surface area contributed by atoms with E-state index < -0.39 is 5.97 Å². The number of hydrogen-bond acceptors (Lipinski definition) is 3. The predicted octanol–water partition coefficient (Wildman–Crippen LogP) is 0.853. The minimum absolute atomic E-state index is 0.188. The van der Waals surface area contributed by atoms with Gasteiger partial charge in [0.05, 0.1) is 12.5 Å². The Kier molecular flexibility index (Phi) is 4.90. The normalized spacial score (nSPS) is 24.5. The quantitative estimate of drug-likeness (QED) is 0.691. The Hall–Kier alpha value is -0.610. The zero-order chi connectivity index (χ0) is 10.4. The molecule has 3 N–H and O–H groups in total. The minimum atomic E-state index is -0.700. The maximum atomic E-state index is 11.0. The van der Waals surface area contributed by atoms with Crippen LogP contribution in [-0.4, -0.2) is 30.8 Å². The maximum Gasteiger partial charge on any atom is 0.306 e. The number of rotatable bonds is 5. The number of nitrogens with two attached hydrogens (primary N) is 1. The third-order valence-electron chi connectivity index (χ3n) is 2.80. The molecule has 2 unspecified atom stereocenters. The van der Waals surface area contributed by atoms with E-state index in [-0.39, 0.29) is 11.8 Å². The Morgan fingerprint density at radius 2 is 2.43 bits per heavy atom. The first-order chi connectivity index (χ1) is 6.75. The van der Waals surface area contributed by atoms with Crippen LogP contribution in [0.15, 0.2) is 0 Å². The van der Waals surface area contributed by atoms with Gasteiger partial charge in [-0.15, -0.1) is 0 Å². The van der Waals surface area contributed by atoms with Gasteiger partial charge in [0, 0.05) is 6.61 Å². The second-order valence-electron chi connectivity index (χ2n) is 3.85. The average molecular weight is 201 g/mol. The van der Waals surface area contributed by atoms with Crippen LogP contribution in [0.4, 0.5) is 0 Å². The molecule has 0 aromatic heterocycles. The highest BCUT2D eigenvalue weighted by Gasteiger charge is 2.29. The van der Waals surface area contributed by atoms with E-state index in [0.717, 1.165) is 25.9 Å². The molecule has 1 aliphatic rings. The summed E-state index contributed by atoms with van der Waals surface area (Å²) in [6.45, 7) is 1.94. The zero-order valence-electron chi connectivity index (χ0n) is 8.45. The van der Waals surface area contributed by atoms with E-state index >= 15 is 0 Å². The first-order valence-corrected chi connectivity index (χ1v) is 5.26. The number of aliphatic carboxylic acids is 1. The zero-order valence-corrected chi connectivity index (χ0v) is 8.45. The van der Waals surface area contributed by atoms with Crippen molar-refractivity contribution in [3.05, 3.63) is 0 Å². The Morgan fingerprint density at radius 1 is 1.64 bits per heavy atom. The molecule has 0 bridgehead atoms. The van der Waals surface area contributed by atoms with Crippen molar-refractivity contribution >= 4 is 5.97 Å². The van der Waals surface area contributed by atoms with E-state index in [4.69, 9.17) is 15.6 Å². The molecule has 0 saturated carbocycles. The van der Waals surface area contributed by atoms with Crippen LogP contribution in [0, 0.1) is 11.8 Å². The van der Waals surface area contributed by atoms with Crippen LogP contribution in [-0.2, 0) is 9.53 Å². The largest absolute Gasteiger partial charge is 0.481 e. The third kappa shape index (κ3) is 3.27. The average Bonchev–Trinajstić information content (AvgIpc) is 2.19. The first kappa shape index (κ1) is 11.5. The van der Waals surface area contributed by atoms with Gasteiger partial charge in [-0.05, 0) is 38.1 Å². The molecule has 2 atom stereocenters. The van der Waals surface area contributed by atoms with Gasteiger partial charge in [-0.3, -0.25) is 4.79 Å². The fourth-order valence-electron chi connectivity index (χ4n) is 1.98. The molecule has 0 aromatic rings. The van der Waals surface area contributed by atoms with Gasteiger partial charge in [0.15, 0.2) is 0 Å². The lowest BCUT2D eigenvalue weighted by molar-refractivity contribution is -0.146. The Morgan fingerprint density at radius 3 is 2.93 bits per heavy atom. The van der Waals surface area contributed by atoms with E-state index in [1.807, 2.05) is 0 Å². The number of ether oxygens (including phenoxy) is 1. The smallest absolute Gasteiger partial charge is 0.306 e. The van der Waals surface area contributed by atoms with E-state index in [9.17, 15) is 4.79 Å². The molecular weight excluding hydrogens is 182 g/mol. The molecule has 4 heteroatoms. The van der Waals surface area contributed by atoms with Crippen LogP contribution in [0.25, 0.3) is 0 Å². The summed E-state index contributed by atoms with van der Waals surface area (Å²) in [7, 11) is 0. The summed E-state index contributed by atoms with van der Waals surface area (Å²) in [6, 6.07) is 0. The molecule has 14 heavy (non-hydrogen) atoms. The molecule has 82 valence electrons. The fraction of sp³-hybridized carbons (Fsp3) is 0.900. The maximum absolute atomic E-state index is 11.0.